The lowest BCUT2D eigenvalue weighted by Crippen LogP contribution is -2.41. The van der Waals surface area contributed by atoms with Crippen LogP contribution in [0.15, 0.2) is 53.7 Å². The summed E-state index contributed by atoms with van der Waals surface area (Å²) in [4.78, 5) is 4.22. The molecule has 1 aromatic heterocycles. The first-order chi connectivity index (χ1) is 11.1. The quantitative estimate of drug-likeness (QED) is 0.864. The van der Waals surface area contributed by atoms with Gasteiger partial charge in [0.1, 0.15) is 11.9 Å². The number of nitrogens with zero attached hydrogens (tertiary/aromatic N) is 2. The first-order valence-electron chi connectivity index (χ1n) is 7.48. The molecule has 1 aliphatic heterocycles. The van der Waals surface area contributed by atoms with E-state index in [0.717, 1.165) is 5.75 Å². The minimum absolute atomic E-state index is 0.0234. The molecule has 1 aromatic carbocycles. The van der Waals surface area contributed by atoms with Gasteiger partial charge < -0.3 is 10.5 Å². The van der Waals surface area contributed by atoms with E-state index in [0.29, 0.717) is 31.6 Å². The van der Waals surface area contributed by atoms with Crippen molar-refractivity contribution in [3.63, 3.8) is 0 Å². The van der Waals surface area contributed by atoms with Gasteiger partial charge in [0.15, 0.2) is 0 Å². The minimum Gasteiger partial charge on any atom is -0.490 e. The molecule has 1 aliphatic rings. The lowest BCUT2D eigenvalue weighted by molar-refractivity contribution is 0.135. The van der Waals surface area contributed by atoms with Crippen LogP contribution in [0.2, 0.25) is 0 Å². The number of pyridine rings is 1. The number of aromatic nitrogens is 1. The molecular weight excluding hydrogens is 314 g/mol. The van der Waals surface area contributed by atoms with Crippen LogP contribution >= 0.6 is 0 Å². The van der Waals surface area contributed by atoms with Gasteiger partial charge in [-0.25, -0.2) is 8.42 Å². The smallest absolute Gasteiger partial charge is 0.243 e. The maximum absolute atomic E-state index is 12.6. The van der Waals surface area contributed by atoms with Gasteiger partial charge >= 0.3 is 0 Å². The first kappa shape index (κ1) is 15.8. The Kier molecular flexibility index (Phi) is 4.49. The van der Waals surface area contributed by atoms with Crippen LogP contribution in [0.1, 0.15) is 12.8 Å². The highest BCUT2D eigenvalue weighted by Gasteiger charge is 2.30. The molecule has 23 heavy (non-hydrogen) atoms. The highest BCUT2D eigenvalue weighted by molar-refractivity contribution is 7.89. The Morgan fingerprint density at radius 2 is 1.65 bits per heavy atom. The van der Waals surface area contributed by atoms with E-state index in [1.54, 1.807) is 48.8 Å². The van der Waals surface area contributed by atoms with Crippen molar-refractivity contribution < 1.29 is 13.2 Å². The van der Waals surface area contributed by atoms with Crippen LogP contribution < -0.4 is 10.5 Å². The van der Waals surface area contributed by atoms with Crippen molar-refractivity contribution in [1.29, 1.82) is 0 Å². The second kappa shape index (κ2) is 6.55. The van der Waals surface area contributed by atoms with E-state index in [-0.39, 0.29) is 11.0 Å². The van der Waals surface area contributed by atoms with Gasteiger partial charge in [0.25, 0.3) is 0 Å². The molecule has 0 unspecified atom stereocenters. The molecule has 2 aromatic rings. The number of piperidine rings is 1. The van der Waals surface area contributed by atoms with Crippen molar-refractivity contribution in [3.05, 3.63) is 48.8 Å². The third-order valence-electron chi connectivity index (χ3n) is 3.87. The van der Waals surface area contributed by atoms with Crippen molar-refractivity contribution in [2.24, 2.45) is 0 Å². The highest BCUT2D eigenvalue weighted by Crippen LogP contribution is 2.24. The number of benzene rings is 1. The summed E-state index contributed by atoms with van der Waals surface area (Å²) in [5.74, 6) is 0.764. The molecule has 0 bridgehead atoms. The molecule has 0 spiro atoms. The first-order valence-corrected chi connectivity index (χ1v) is 8.92. The van der Waals surface area contributed by atoms with Gasteiger partial charge in [-0.1, -0.05) is 0 Å². The number of rotatable bonds is 4. The van der Waals surface area contributed by atoms with Crippen molar-refractivity contribution >= 4 is 15.7 Å². The number of ether oxygens (including phenoxy) is 1. The molecule has 0 saturated carbocycles. The number of hydrogen-bond donors (Lipinski definition) is 1. The highest BCUT2D eigenvalue weighted by atomic mass is 32.2. The second-order valence-electron chi connectivity index (χ2n) is 5.47. The number of anilines is 1. The van der Waals surface area contributed by atoms with E-state index < -0.39 is 10.0 Å². The number of nitrogen functional groups attached to an aromatic ring is 1. The predicted molar refractivity (Wildman–Crippen MR) is 87.5 cm³/mol. The van der Waals surface area contributed by atoms with Crippen molar-refractivity contribution in [2.45, 2.75) is 23.8 Å². The fourth-order valence-corrected chi connectivity index (χ4v) is 4.06. The summed E-state index contributed by atoms with van der Waals surface area (Å²) < 4.78 is 32.6. The molecule has 122 valence electrons. The van der Waals surface area contributed by atoms with E-state index in [1.165, 1.54) is 4.31 Å². The molecule has 1 fully saturated rings. The summed E-state index contributed by atoms with van der Waals surface area (Å²) in [7, 11) is -3.46. The summed E-state index contributed by atoms with van der Waals surface area (Å²) in [6.07, 6.45) is 4.70. The molecule has 7 heteroatoms. The Morgan fingerprint density at radius 1 is 1.04 bits per heavy atom. The SMILES string of the molecule is Nc1ccc(S(=O)(=O)N2CCC(Oc3ccncc3)CC2)cc1. The predicted octanol–water partition coefficient (Wildman–Crippen LogP) is 1.90. The maximum atomic E-state index is 12.6. The zero-order valence-corrected chi connectivity index (χ0v) is 13.4. The van der Waals surface area contributed by atoms with E-state index in [4.69, 9.17) is 10.5 Å². The van der Waals surface area contributed by atoms with E-state index in [1.807, 2.05) is 0 Å². The van der Waals surface area contributed by atoms with E-state index >= 15 is 0 Å². The number of nitrogens with two attached hydrogens (primary N) is 1. The Hall–Kier alpha value is -2.12. The lowest BCUT2D eigenvalue weighted by atomic mass is 10.1. The Morgan fingerprint density at radius 3 is 2.26 bits per heavy atom. The lowest BCUT2D eigenvalue weighted by Gasteiger charge is -2.31. The summed E-state index contributed by atoms with van der Waals surface area (Å²) in [6.45, 7) is 0.894. The zero-order chi connectivity index (χ0) is 16.3. The largest absolute Gasteiger partial charge is 0.490 e. The summed E-state index contributed by atoms with van der Waals surface area (Å²) in [5.41, 5.74) is 6.16. The van der Waals surface area contributed by atoms with Crippen LogP contribution in [0.3, 0.4) is 0 Å². The van der Waals surface area contributed by atoms with Crippen LogP contribution in [-0.2, 0) is 10.0 Å². The number of sulfonamides is 1. The molecule has 0 amide bonds. The van der Waals surface area contributed by atoms with Crippen LogP contribution in [0.25, 0.3) is 0 Å². The van der Waals surface area contributed by atoms with Gasteiger partial charge in [0, 0.05) is 31.2 Å². The van der Waals surface area contributed by atoms with Gasteiger partial charge in [0.2, 0.25) is 10.0 Å². The average Bonchev–Trinajstić information content (AvgIpc) is 2.57. The fraction of sp³-hybridized carbons (Fsp3) is 0.312. The second-order valence-corrected chi connectivity index (χ2v) is 7.41. The van der Waals surface area contributed by atoms with E-state index in [2.05, 4.69) is 4.98 Å². The minimum atomic E-state index is -3.46. The molecule has 2 heterocycles. The van der Waals surface area contributed by atoms with Crippen LogP contribution in [-0.4, -0.2) is 36.9 Å². The van der Waals surface area contributed by atoms with Crippen LogP contribution in [0.5, 0.6) is 5.75 Å². The normalized spacial score (nSPS) is 17.0. The summed E-state index contributed by atoms with van der Waals surface area (Å²) >= 11 is 0. The standard InChI is InChI=1S/C16H19N3O3S/c17-13-1-3-16(4-2-13)23(20,21)19-11-7-15(8-12-19)22-14-5-9-18-10-6-14/h1-6,9-10,15H,7-8,11-12,17H2. The van der Waals surface area contributed by atoms with E-state index in [9.17, 15) is 8.42 Å². The van der Waals surface area contributed by atoms with Crippen molar-refractivity contribution in [1.82, 2.24) is 9.29 Å². The summed E-state index contributed by atoms with van der Waals surface area (Å²) in [6, 6.07) is 9.90. The maximum Gasteiger partial charge on any atom is 0.243 e. The molecular formula is C16H19N3O3S. The van der Waals surface area contributed by atoms with Gasteiger partial charge in [0.05, 0.1) is 4.90 Å². The van der Waals surface area contributed by atoms with Crippen molar-refractivity contribution in [3.8, 4) is 5.75 Å². The van der Waals surface area contributed by atoms with Crippen LogP contribution in [0, 0.1) is 0 Å². The Balaban J connectivity index is 1.63. The topological polar surface area (TPSA) is 85.5 Å². The van der Waals surface area contributed by atoms with Gasteiger partial charge in [-0.2, -0.15) is 4.31 Å². The fourth-order valence-electron chi connectivity index (χ4n) is 2.59. The molecule has 0 atom stereocenters. The van der Waals surface area contributed by atoms with Crippen molar-refractivity contribution in [2.75, 3.05) is 18.8 Å². The third kappa shape index (κ3) is 3.62. The Labute approximate surface area is 136 Å². The molecule has 2 N–H and O–H groups in total. The Bertz CT molecular complexity index is 740. The van der Waals surface area contributed by atoms with Gasteiger partial charge in [-0.3, -0.25) is 4.98 Å². The molecule has 0 aliphatic carbocycles. The van der Waals surface area contributed by atoms with Gasteiger partial charge in [-0.05, 0) is 49.2 Å². The molecule has 6 nitrogen and oxygen atoms in total. The molecule has 1 saturated heterocycles. The van der Waals surface area contributed by atoms with Gasteiger partial charge in [-0.15, -0.1) is 0 Å². The molecule has 3 rings (SSSR count). The monoisotopic (exact) mass is 333 g/mol. The zero-order valence-electron chi connectivity index (χ0n) is 12.6. The van der Waals surface area contributed by atoms with Crippen LogP contribution in [0.4, 0.5) is 5.69 Å². The number of hydrogen-bond acceptors (Lipinski definition) is 5. The third-order valence-corrected chi connectivity index (χ3v) is 5.78. The molecule has 0 radical (unpaired) electrons. The summed E-state index contributed by atoms with van der Waals surface area (Å²) in [5, 5.41) is 0. The average molecular weight is 333 g/mol.